The molecule has 0 radical (unpaired) electrons. The molecule has 2 rings (SSSR count). The Hall–Kier alpha value is -2.79. The smallest absolute Gasteiger partial charge is 0.405 e. The van der Waals surface area contributed by atoms with Crippen molar-refractivity contribution in [3.63, 3.8) is 0 Å². The Bertz CT molecular complexity index is 850. The highest BCUT2D eigenvalue weighted by molar-refractivity contribution is 6.38. The summed E-state index contributed by atoms with van der Waals surface area (Å²) in [6, 6.07) is -3.80. The SMILES string of the molecule is CC1CCN(C(=O)C(NC(=O)O)C(C)(C)C)C1C(=O)NC(CCC(C)(F)F)C(=O)C(=O)NC1CC1. The minimum Gasteiger partial charge on any atom is -0.465 e. The predicted octanol–water partition coefficient (Wildman–Crippen LogP) is 1.67. The van der Waals surface area contributed by atoms with E-state index >= 15 is 0 Å². The van der Waals surface area contributed by atoms with Gasteiger partial charge in [-0.25, -0.2) is 13.6 Å². The fourth-order valence-corrected chi connectivity index (χ4v) is 4.10. The highest BCUT2D eigenvalue weighted by atomic mass is 19.3. The van der Waals surface area contributed by atoms with E-state index in [0.717, 1.165) is 12.8 Å². The van der Waals surface area contributed by atoms with Crippen molar-refractivity contribution in [3.8, 4) is 0 Å². The van der Waals surface area contributed by atoms with Gasteiger partial charge in [0, 0.05) is 19.0 Å². The summed E-state index contributed by atoms with van der Waals surface area (Å²) >= 11 is 0. The van der Waals surface area contributed by atoms with Gasteiger partial charge in [0.15, 0.2) is 0 Å². The molecule has 0 bridgehead atoms. The highest BCUT2D eigenvalue weighted by Gasteiger charge is 2.46. The highest BCUT2D eigenvalue weighted by Crippen LogP contribution is 2.29. The molecular weight excluding hydrogens is 466 g/mol. The first-order chi connectivity index (χ1) is 16.0. The van der Waals surface area contributed by atoms with Gasteiger partial charge in [0.25, 0.3) is 5.91 Å². The number of hydrogen-bond donors (Lipinski definition) is 4. The van der Waals surface area contributed by atoms with Gasteiger partial charge < -0.3 is 26.0 Å². The summed E-state index contributed by atoms with van der Waals surface area (Å²) < 4.78 is 27.0. The van der Waals surface area contributed by atoms with Gasteiger partial charge in [-0.15, -0.1) is 0 Å². The quantitative estimate of drug-likeness (QED) is 0.335. The summed E-state index contributed by atoms with van der Waals surface area (Å²) in [5.41, 5.74) is -0.797. The van der Waals surface area contributed by atoms with Crippen LogP contribution in [-0.4, -0.2) is 76.2 Å². The van der Waals surface area contributed by atoms with Gasteiger partial charge in [-0.3, -0.25) is 19.2 Å². The first-order valence-electron chi connectivity index (χ1n) is 11.8. The monoisotopic (exact) mass is 502 g/mol. The zero-order valence-corrected chi connectivity index (χ0v) is 20.8. The molecule has 4 atom stereocenters. The van der Waals surface area contributed by atoms with Gasteiger partial charge in [0.05, 0.1) is 6.04 Å². The Morgan fingerprint density at radius 2 is 1.63 bits per heavy atom. The fraction of sp³-hybridized carbons (Fsp3) is 0.783. The second-order valence-corrected chi connectivity index (χ2v) is 10.8. The molecule has 2 fully saturated rings. The van der Waals surface area contributed by atoms with Gasteiger partial charge in [-0.05, 0) is 43.9 Å². The van der Waals surface area contributed by atoms with Crippen molar-refractivity contribution in [1.29, 1.82) is 0 Å². The molecular formula is C23H36F2N4O6. The van der Waals surface area contributed by atoms with Gasteiger partial charge in [0.2, 0.25) is 23.5 Å². The van der Waals surface area contributed by atoms with Crippen molar-refractivity contribution in [2.45, 2.75) is 96.8 Å². The molecule has 1 heterocycles. The first-order valence-corrected chi connectivity index (χ1v) is 11.8. The van der Waals surface area contributed by atoms with Crippen molar-refractivity contribution in [1.82, 2.24) is 20.9 Å². The van der Waals surface area contributed by atoms with E-state index < -0.39 is 71.9 Å². The summed E-state index contributed by atoms with van der Waals surface area (Å²) in [6.07, 6.45) is -0.677. The topological polar surface area (TPSA) is 145 Å². The lowest BCUT2D eigenvalue weighted by atomic mass is 9.85. The second-order valence-electron chi connectivity index (χ2n) is 10.8. The molecule has 4 unspecified atom stereocenters. The van der Waals surface area contributed by atoms with Crippen molar-refractivity contribution < 1.29 is 37.9 Å². The van der Waals surface area contributed by atoms with E-state index in [9.17, 15) is 37.9 Å². The molecule has 35 heavy (non-hydrogen) atoms. The largest absolute Gasteiger partial charge is 0.465 e. The normalized spacial score (nSPS) is 22.2. The van der Waals surface area contributed by atoms with E-state index in [1.54, 1.807) is 27.7 Å². The number of carboxylic acid groups (broad SMARTS) is 1. The summed E-state index contributed by atoms with van der Waals surface area (Å²) in [7, 11) is 0. The maximum atomic E-state index is 13.5. The van der Waals surface area contributed by atoms with E-state index in [1.165, 1.54) is 4.90 Å². The van der Waals surface area contributed by atoms with Crippen molar-refractivity contribution >= 4 is 29.6 Å². The number of nitrogens with one attached hydrogen (secondary N) is 3. The molecule has 0 spiro atoms. The zero-order valence-electron chi connectivity index (χ0n) is 20.8. The van der Waals surface area contributed by atoms with E-state index in [2.05, 4.69) is 16.0 Å². The molecule has 198 valence electrons. The minimum atomic E-state index is -3.11. The molecule has 0 aromatic heterocycles. The molecule has 2 aliphatic rings. The molecule has 10 nitrogen and oxygen atoms in total. The Kier molecular flexibility index (Phi) is 8.83. The number of ketones is 1. The van der Waals surface area contributed by atoms with Crippen molar-refractivity contribution in [3.05, 3.63) is 0 Å². The summed E-state index contributed by atoms with van der Waals surface area (Å²) in [5.74, 6) is -6.75. The van der Waals surface area contributed by atoms with Crippen LogP contribution >= 0.6 is 0 Å². The second kappa shape index (κ2) is 10.9. The molecule has 1 saturated heterocycles. The number of hydrogen-bond acceptors (Lipinski definition) is 5. The lowest BCUT2D eigenvalue weighted by Gasteiger charge is -2.35. The van der Waals surface area contributed by atoms with E-state index in [0.29, 0.717) is 13.3 Å². The molecule has 0 aromatic carbocycles. The Morgan fingerprint density at radius 1 is 1.03 bits per heavy atom. The van der Waals surface area contributed by atoms with Crippen LogP contribution < -0.4 is 16.0 Å². The number of carbonyl (C=O) groups is 5. The summed E-state index contributed by atoms with van der Waals surface area (Å²) in [5, 5.41) is 16.3. The van der Waals surface area contributed by atoms with Crippen LogP contribution in [0.1, 0.15) is 66.7 Å². The maximum absolute atomic E-state index is 13.5. The van der Waals surface area contributed by atoms with Crippen LogP contribution in [0.2, 0.25) is 0 Å². The molecule has 1 aliphatic carbocycles. The number of rotatable bonds is 10. The number of Topliss-reactive ketones (excluding diaryl/α,β-unsaturated/α-hetero) is 1. The molecule has 1 aliphatic heterocycles. The standard InChI is InChI=1S/C23H36F2N4O6/c1-12-9-11-29(20(33)17(22(2,3)4)28-21(34)35)15(12)18(31)27-14(8-10-23(5,24)25)16(30)19(32)26-13-6-7-13/h12-15,17,28H,6-11H2,1-5H3,(H,26,32)(H,27,31)(H,34,35). The van der Waals surface area contributed by atoms with Crippen LogP contribution in [0.15, 0.2) is 0 Å². The van der Waals surface area contributed by atoms with Crippen molar-refractivity contribution in [2.24, 2.45) is 11.3 Å². The molecule has 1 saturated carbocycles. The van der Waals surface area contributed by atoms with Gasteiger partial charge in [-0.2, -0.15) is 0 Å². The van der Waals surface area contributed by atoms with E-state index in [1.807, 2.05) is 0 Å². The van der Waals surface area contributed by atoms with Crippen LogP contribution in [0.5, 0.6) is 0 Å². The molecule has 12 heteroatoms. The Labute approximate surface area is 203 Å². The maximum Gasteiger partial charge on any atom is 0.405 e. The Balaban J connectivity index is 2.22. The third-order valence-electron chi connectivity index (χ3n) is 6.27. The van der Waals surface area contributed by atoms with E-state index in [-0.39, 0.29) is 18.5 Å². The lowest BCUT2D eigenvalue weighted by Crippen LogP contribution is -2.59. The zero-order chi connectivity index (χ0) is 26.7. The van der Waals surface area contributed by atoms with Gasteiger partial charge in [-0.1, -0.05) is 27.7 Å². The number of carbonyl (C=O) groups excluding carboxylic acids is 4. The third-order valence-corrected chi connectivity index (χ3v) is 6.27. The van der Waals surface area contributed by atoms with Crippen LogP contribution in [0.4, 0.5) is 13.6 Å². The molecule has 0 aromatic rings. The number of alkyl halides is 2. The average molecular weight is 503 g/mol. The first kappa shape index (κ1) is 28.4. The van der Waals surface area contributed by atoms with Crippen LogP contribution in [0.3, 0.4) is 0 Å². The third kappa shape index (κ3) is 8.14. The molecule has 4 amide bonds. The number of likely N-dealkylation sites (tertiary alicyclic amines) is 1. The van der Waals surface area contributed by atoms with Crippen LogP contribution in [0.25, 0.3) is 0 Å². The molecule has 4 N–H and O–H groups in total. The summed E-state index contributed by atoms with van der Waals surface area (Å²) in [4.78, 5) is 64.0. The number of nitrogens with zero attached hydrogens (tertiary/aromatic N) is 1. The fourth-order valence-electron chi connectivity index (χ4n) is 4.10. The number of amides is 4. The van der Waals surface area contributed by atoms with Crippen LogP contribution in [0, 0.1) is 11.3 Å². The van der Waals surface area contributed by atoms with E-state index in [4.69, 9.17) is 0 Å². The average Bonchev–Trinajstić information content (AvgIpc) is 3.44. The minimum absolute atomic E-state index is 0.130. The van der Waals surface area contributed by atoms with Gasteiger partial charge >= 0.3 is 6.09 Å². The summed E-state index contributed by atoms with van der Waals surface area (Å²) in [6.45, 7) is 7.63. The predicted molar refractivity (Wildman–Crippen MR) is 122 cm³/mol. The lowest BCUT2D eigenvalue weighted by molar-refractivity contribution is -0.144. The number of halogens is 2. The Morgan fingerprint density at radius 3 is 2.11 bits per heavy atom. The van der Waals surface area contributed by atoms with Crippen molar-refractivity contribution in [2.75, 3.05) is 6.54 Å². The van der Waals surface area contributed by atoms with Crippen LogP contribution in [-0.2, 0) is 19.2 Å². The van der Waals surface area contributed by atoms with Gasteiger partial charge in [0.1, 0.15) is 12.1 Å².